The van der Waals surface area contributed by atoms with Gasteiger partial charge in [0.15, 0.2) is 6.04 Å². The number of nitrogens with zero attached hydrogens (tertiary/aromatic N) is 1. The van der Waals surface area contributed by atoms with Crippen LogP contribution < -0.4 is 10.6 Å². The molecule has 1 atom stereocenters. The van der Waals surface area contributed by atoms with E-state index in [4.69, 9.17) is 0 Å². The summed E-state index contributed by atoms with van der Waals surface area (Å²) in [5.41, 5.74) is 0.547. The SMILES string of the molecule is CNCCN(C)C(=O)N[C@H](C(=O)O)c1ccccc1. The highest BCUT2D eigenvalue weighted by molar-refractivity contribution is 5.83. The van der Waals surface area contributed by atoms with Gasteiger partial charge in [-0.2, -0.15) is 0 Å². The van der Waals surface area contributed by atoms with Crippen molar-refractivity contribution in [1.82, 2.24) is 15.5 Å². The van der Waals surface area contributed by atoms with E-state index >= 15 is 0 Å². The van der Waals surface area contributed by atoms with Crippen molar-refractivity contribution in [1.29, 1.82) is 0 Å². The van der Waals surface area contributed by atoms with Crippen molar-refractivity contribution in [2.75, 3.05) is 27.2 Å². The lowest BCUT2D eigenvalue weighted by molar-refractivity contribution is -0.139. The lowest BCUT2D eigenvalue weighted by Gasteiger charge is -2.21. The highest BCUT2D eigenvalue weighted by Gasteiger charge is 2.23. The van der Waals surface area contributed by atoms with E-state index in [0.29, 0.717) is 18.7 Å². The van der Waals surface area contributed by atoms with Gasteiger partial charge in [0, 0.05) is 20.1 Å². The molecule has 0 aliphatic carbocycles. The Kier molecular flexibility index (Phi) is 5.81. The number of carbonyl (C=O) groups is 2. The molecule has 6 nitrogen and oxygen atoms in total. The third kappa shape index (κ3) is 4.59. The van der Waals surface area contributed by atoms with Crippen LogP contribution in [-0.2, 0) is 4.79 Å². The minimum absolute atomic E-state index is 0.411. The average Bonchev–Trinajstić information content (AvgIpc) is 2.42. The zero-order chi connectivity index (χ0) is 14.3. The minimum atomic E-state index is -1.08. The summed E-state index contributed by atoms with van der Waals surface area (Å²) in [7, 11) is 3.41. The molecule has 0 bridgehead atoms. The van der Waals surface area contributed by atoms with Crippen LogP contribution in [-0.4, -0.2) is 49.2 Å². The maximum Gasteiger partial charge on any atom is 0.330 e. The molecule has 0 aliphatic rings. The van der Waals surface area contributed by atoms with E-state index in [1.807, 2.05) is 0 Å². The fraction of sp³-hybridized carbons (Fsp3) is 0.385. The fourth-order valence-corrected chi connectivity index (χ4v) is 1.55. The van der Waals surface area contributed by atoms with Gasteiger partial charge in [-0.25, -0.2) is 9.59 Å². The molecule has 0 aromatic heterocycles. The van der Waals surface area contributed by atoms with Crippen molar-refractivity contribution < 1.29 is 14.7 Å². The van der Waals surface area contributed by atoms with E-state index in [9.17, 15) is 14.7 Å². The molecule has 0 saturated carbocycles. The monoisotopic (exact) mass is 265 g/mol. The maximum atomic E-state index is 11.9. The van der Waals surface area contributed by atoms with Gasteiger partial charge in [0.2, 0.25) is 0 Å². The van der Waals surface area contributed by atoms with Crippen molar-refractivity contribution in [2.24, 2.45) is 0 Å². The second-order valence-electron chi connectivity index (χ2n) is 4.16. The number of hydrogen-bond donors (Lipinski definition) is 3. The van der Waals surface area contributed by atoms with Crippen LogP contribution in [0.3, 0.4) is 0 Å². The molecule has 0 aliphatic heterocycles. The Morgan fingerprint density at radius 3 is 2.47 bits per heavy atom. The molecule has 1 rings (SSSR count). The van der Waals surface area contributed by atoms with E-state index < -0.39 is 18.0 Å². The highest BCUT2D eigenvalue weighted by atomic mass is 16.4. The molecule has 1 aromatic carbocycles. The summed E-state index contributed by atoms with van der Waals surface area (Å²) in [6, 6.07) is 7.17. The quantitative estimate of drug-likeness (QED) is 0.706. The van der Waals surface area contributed by atoms with Crippen LogP contribution in [0.5, 0.6) is 0 Å². The molecule has 2 amide bonds. The fourth-order valence-electron chi connectivity index (χ4n) is 1.55. The van der Waals surface area contributed by atoms with Gasteiger partial charge in [0.1, 0.15) is 0 Å². The summed E-state index contributed by atoms with van der Waals surface area (Å²) in [5.74, 6) is -1.08. The Morgan fingerprint density at radius 1 is 1.32 bits per heavy atom. The number of benzene rings is 1. The first kappa shape index (κ1) is 15.0. The van der Waals surface area contributed by atoms with Crippen molar-refractivity contribution >= 4 is 12.0 Å². The van der Waals surface area contributed by atoms with E-state index in [-0.39, 0.29) is 0 Å². The zero-order valence-corrected chi connectivity index (χ0v) is 11.1. The van der Waals surface area contributed by atoms with Crippen LogP contribution in [0, 0.1) is 0 Å². The third-order valence-electron chi connectivity index (χ3n) is 2.69. The predicted molar refractivity (Wildman–Crippen MR) is 71.9 cm³/mol. The van der Waals surface area contributed by atoms with Crippen molar-refractivity contribution in [3.8, 4) is 0 Å². The predicted octanol–water partition coefficient (Wildman–Crippen LogP) is 0.673. The Bertz CT molecular complexity index is 422. The Labute approximate surface area is 112 Å². The van der Waals surface area contributed by atoms with Gasteiger partial charge in [0.25, 0.3) is 0 Å². The molecule has 0 radical (unpaired) electrons. The van der Waals surface area contributed by atoms with E-state index in [0.717, 1.165) is 0 Å². The number of amides is 2. The van der Waals surface area contributed by atoms with Crippen molar-refractivity contribution in [2.45, 2.75) is 6.04 Å². The van der Waals surface area contributed by atoms with E-state index in [1.54, 1.807) is 44.4 Å². The summed E-state index contributed by atoms with van der Waals surface area (Å²) >= 11 is 0. The maximum absolute atomic E-state index is 11.9. The minimum Gasteiger partial charge on any atom is -0.479 e. The second-order valence-corrected chi connectivity index (χ2v) is 4.16. The summed E-state index contributed by atoms with van der Waals surface area (Å²) in [4.78, 5) is 24.5. The first-order valence-electron chi connectivity index (χ1n) is 6.00. The smallest absolute Gasteiger partial charge is 0.330 e. The van der Waals surface area contributed by atoms with Crippen LogP contribution in [0.1, 0.15) is 11.6 Å². The molecule has 0 unspecified atom stereocenters. The normalized spacial score (nSPS) is 11.7. The number of aliphatic carboxylic acids is 1. The van der Waals surface area contributed by atoms with Gasteiger partial charge >= 0.3 is 12.0 Å². The number of carbonyl (C=O) groups excluding carboxylic acids is 1. The Hall–Kier alpha value is -2.08. The van der Waals surface area contributed by atoms with Crippen LogP contribution in [0.15, 0.2) is 30.3 Å². The summed E-state index contributed by atoms with van der Waals surface area (Å²) in [5, 5.41) is 14.6. The number of hydrogen-bond acceptors (Lipinski definition) is 3. The molecule has 19 heavy (non-hydrogen) atoms. The van der Waals surface area contributed by atoms with Gasteiger partial charge in [-0.1, -0.05) is 30.3 Å². The molecular weight excluding hydrogens is 246 g/mol. The van der Waals surface area contributed by atoms with Crippen LogP contribution in [0.4, 0.5) is 4.79 Å². The lowest BCUT2D eigenvalue weighted by atomic mass is 10.1. The molecular formula is C13H19N3O3. The standard InChI is InChI=1S/C13H19N3O3/c1-14-8-9-16(2)13(19)15-11(12(17)18)10-6-4-3-5-7-10/h3-7,11,14H,8-9H2,1-2H3,(H,15,19)(H,17,18)/t11-/m0/s1. The van der Waals surface area contributed by atoms with Gasteiger partial charge in [0.05, 0.1) is 0 Å². The molecule has 0 heterocycles. The van der Waals surface area contributed by atoms with Gasteiger partial charge < -0.3 is 20.6 Å². The third-order valence-corrected chi connectivity index (χ3v) is 2.69. The molecule has 0 spiro atoms. The largest absolute Gasteiger partial charge is 0.479 e. The number of urea groups is 1. The van der Waals surface area contributed by atoms with Crippen molar-refractivity contribution in [3.63, 3.8) is 0 Å². The van der Waals surface area contributed by atoms with Crippen LogP contribution in [0.2, 0.25) is 0 Å². The first-order valence-corrected chi connectivity index (χ1v) is 6.00. The number of carboxylic acids is 1. The second kappa shape index (κ2) is 7.38. The van der Waals surface area contributed by atoms with E-state index in [2.05, 4.69) is 10.6 Å². The van der Waals surface area contributed by atoms with Crippen molar-refractivity contribution in [3.05, 3.63) is 35.9 Å². The molecule has 0 fully saturated rings. The average molecular weight is 265 g/mol. The van der Waals surface area contributed by atoms with E-state index in [1.165, 1.54) is 4.90 Å². The molecule has 6 heteroatoms. The first-order chi connectivity index (χ1) is 9.06. The summed E-state index contributed by atoms with van der Waals surface area (Å²) in [6.45, 7) is 1.15. The van der Waals surface area contributed by atoms with Gasteiger partial charge in [-0.15, -0.1) is 0 Å². The highest BCUT2D eigenvalue weighted by Crippen LogP contribution is 2.12. The zero-order valence-electron chi connectivity index (χ0n) is 11.1. The summed E-state index contributed by atoms with van der Waals surface area (Å²) in [6.07, 6.45) is 0. The number of likely N-dealkylation sites (N-methyl/N-ethyl adjacent to an activating group) is 2. The van der Waals surface area contributed by atoms with Gasteiger partial charge in [-0.05, 0) is 12.6 Å². The topological polar surface area (TPSA) is 81.7 Å². The number of carboxylic acid groups (broad SMARTS) is 1. The van der Waals surface area contributed by atoms with Gasteiger partial charge in [-0.3, -0.25) is 0 Å². The number of nitrogens with one attached hydrogen (secondary N) is 2. The Morgan fingerprint density at radius 2 is 1.95 bits per heavy atom. The van der Waals surface area contributed by atoms with Crippen LogP contribution in [0.25, 0.3) is 0 Å². The molecule has 104 valence electrons. The lowest BCUT2D eigenvalue weighted by Crippen LogP contribution is -2.43. The number of rotatable bonds is 6. The molecule has 1 aromatic rings. The molecule has 0 saturated heterocycles. The molecule has 3 N–H and O–H groups in total. The Balaban J connectivity index is 2.70. The summed E-state index contributed by atoms with van der Waals surface area (Å²) < 4.78 is 0. The van der Waals surface area contributed by atoms with Crippen LogP contribution >= 0.6 is 0 Å².